The van der Waals surface area contributed by atoms with Gasteiger partial charge in [-0.25, -0.2) is 4.39 Å². The third-order valence-corrected chi connectivity index (χ3v) is 4.40. The number of carbonyl (C=O) groups excluding carboxylic acids is 1. The lowest BCUT2D eigenvalue weighted by molar-refractivity contribution is 0.0994. The molecular formula is C17H17FOS. The second kappa shape index (κ2) is 6.23. The number of Topliss-reactive ketones (excluding diaryl/α,β-unsaturated/α-hetero) is 1. The van der Waals surface area contributed by atoms with Gasteiger partial charge >= 0.3 is 0 Å². The highest BCUT2D eigenvalue weighted by atomic mass is 32.2. The standard InChI is InChI=1S/C17H17FOS/c1-11-4-5-14(10-12(11)2)17(19)13(3)20-16-8-6-15(18)7-9-16/h4-10,13H,1-3H3. The van der Waals surface area contributed by atoms with Crippen molar-refractivity contribution in [1.29, 1.82) is 0 Å². The van der Waals surface area contributed by atoms with E-state index in [4.69, 9.17) is 0 Å². The molecule has 0 aliphatic carbocycles. The first-order valence-corrected chi connectivity index (χ1v) is 7.39. The highest BCUT2D eigenvalue weighted by molar-refractivity contribution is 8.00. The van der Waals surface area contributed by atoms with Gasteiger partial charge in [0.05, 0.1) is 5.25 Å². The lowest BCUT2D eigenvalue weighted by atomic mass is 10.0. The second-order valence-corrected chi connectivity index (χ2v) is 6.29. The average Bonchev–Trinajstić information content (AvgIpc) is 2.43. The molecule has 0 fully saturated rings. The molecule has 0 heterocycles. The van der Waals surface area contributed by atoms with E-state index in [1.54, 1.807) is 12.1 Å². The fraction of sp³-hybridized carbons (Fsp3) is 0.235. The number of hydrogen-bond donors (Lipinski definition) is 0. The Hall–Kier alpha value is -1.61. The highest BCUT2D eigenvalue weighted by Gasteiger charge is 2.16. The number of thioether (sulfide) groups is 1. The Kier molecular flexibility index (Phi) is 4.61. The van der Waals surface area contributed by atoms with E-state index in [0.717, 1.165) is 16.0 Å². The van der Waals surface area contributed by atoms with Gasteiger partial charge in [-0.2, -0.15) is 0 Å². The number of halogens is 1. The summed E-state index contributed by atoms with van der Waals surface area (Å²) >= 11 is 1.45. The molecule has 0 aliphatic rings. The summed E-state index contributed by atoms with van der Waals surface area (Å²) in [6.45, 7) is 5.91. The molecule has 104 valence electrons. The van der Waals surface area contributed by atoms with Gasteiger partial charge in [0, 0.05) is 10.5 Å². The Morgan fingerprint density at radius 3 is 2.30 bits per heavy atom. The summed E-state index contributed by atoms with van der Waals surface area (Å²) in [5, 5.41) is -0.192. The fourth-order valence-corrected chi connectivity index (χ4v) is 2.84. The van der Waals surface area contributed by atoms with E-state index in [0.29, 0.717) is 0 Å². The van der Waals surface area contributed by atoms with Crippen LogP contribution >= 0.6 is 11.8 Å². The van der Waals surface area contributed by atoms with Crippen LogP contribution in [0.15, 0.2) is 47.4 Å². The first-order chi connectivity index (χ1) is 9.47. The summed E-state index contributed by atoms with van der Waals surface area (Å²) in [5.74, 6) is -0.162. The summed E-state index contributed by atoms with van der Waals surface area (Å²) in [4.78, 5) is 13.3. The van der Waals surface area contributed by atoms with Crippen LogP contribution in [-0.4, -0.2) is 11.0 Å². The number of ketones is 1. The van der Waals surface area contributed by atoms with Gasteiger partial charge in [0.2, 0.25) is 0 Å². The van der Waals surface area contributed by atoms with Gasteiger partial charge in [-0.15, -0.1) is 11.8 Å². The number of carbonyl (C=O) groups is 1. The van der Waals surface area contributed by atoms with E-state index >= 15 is 0 Å². The highest BCUT2D eigenvalue weighted by Crippen LogP contribution is 2.26. The predicted molar refractivity (Wildman–Crippen MR) is 82.0 cm³/mol. The van der Waals surface area contributed by atoms with Crippen molar-refractivity contribution in [3.63, 3.8) is 0 Å². The predicted octanol–water partition coefficient (Wildman–Crippen LogP) is 4.81. The molecule has 0 saturated carbocycles. The molecule has 2 rings (SSSR count). The van der Waals surface area contributed by atoms with Gasteiger partial charge in [-0.3, -0.25) is 4.79 Å². The van der Waals surface area contributed by atoms with E-state index in [2.05, 4.69) is 0 Å². The smallest absolute Gasteiger partial charge is 0.175 e. The largest absolute Gasteiger partial charge is 0.293 e. The molecule has 0 saturated heterocycles. The Morgan fingerprint density at radius 2 is 1.70 bits per heavy atom. The van der Waals surface area contributed by atoms with Crippen molar-refractivity contribution in [2.45, 2.75) is 30.9 Å². The van der Waals surface area contributed by atoms with Crippen LogP contribution in [0, 0.1) is 19.7 Å². The van der Waals surface area contributed by atoms with Crippen LogP contribution in [-0.2, 0) is 0 Å². The first-order valence-electron chi connectivity index (χ1n) is 6.51. The molecule has 1 unspecified atom stereocenters. The maximum absolute atomic E-state index is 12.9. The summed E-state index contributed by atoms with van der Waals surface area (Å²) in [6, 6.07) is 12.0. The quantitative estimate of drug-likeness (QED) is 0.593. The lowest BCUT2D eigenvalue weighted by Crippen LogP contribution is -2.13. The zero-order valence-corrected chi connectivity index (χ0v) is 12.6. The average molecular weight is 288 g/mol. The molecule has 1 nitrogen and oxygen atoms in total. The molecule has 0 bridgehead atoms. The van der Waals surface area contributed by atoms with Crippen molar-refractivity contribution in [1.82, 2.24) is 0 Å². The molecule has 3 heteroatoms. The van der Waals surface area contributed by atoms with Gasteiger partial charge in [-0.1, -0.05) is 12.1 Å². The van der Waals surface area contributed by atoms with Crippen molar-refractivity contribution in [2.24, 2.45) is 0 Å². The van der Waals surface area contributed by atoms with E-state index in [-0.39, 0.29) is 16.9 Å². The molecule has 0 N–H and O–H groups in total. The summed E-state index contributed by atoms with van der Waals surface area (Å²) < 4.78 is 12.9. The van der Waals surface area contributed by atoms with E-state index < -0.39 is 0 Å². The molecule has 0 amide bonds. The van der Waals surface area contributed by atoms with Gasteiger partial charge < -0.3 is 0 Å². The Balaban J connectivity index is 2.11. The maximum atomic E-state index is 12.9. The number of aryl methyl sites for hydroxylation is 2. The molecule has 0 spiro atoms. The molecule has 0 radical (unpaired) electrons. The molecule has 0 aliphatic heterocycles. The fourth-order valence-electron chi connectivity index (χ4n) is 1.90. The molecular weight excluding hydrogens is 271 g/mol. The zero-order valence-electron chi connectivity index (χ0n) is 11.8. The SMILES string of the molecule is Cc1ccc(C(=O)C(C)Sc2ccc(F)cc2)cc1C. The maximum Gasteiger partial charge on any atom is 0.175 e. The number of rotatable bonds is 4. The van der Waals surface area contributed by atoms with Crippen molar-refractivity contribution in [2.75, 3.05) is 0 Å². The van der Waals surface area contributed by atoms with Gasteiger partial charge in [-0.05, 0) is 62.2 Å². The number of benzene rings is 2. The van der Waals surface area contributed by atoms with Gasteiger partial charge in [0.1, 0.15) is 5.82 Å². The van der Waals surface area contributed by atoms with Crippen molar-refractivity contribution in [3.05, 3.63) is 65.0 Å². The number of hydrogen-bond acceptors (Lipinski definition) is 2. The van der Waals surface area contributed by atoms with E-state index in [1.807, 2.05) is 39.0 Å². The Morgan fingerprint density at radius 1 is 1.05 bits per heavy atom. The zero-order chi connectivity index (χ0) is 14.7. The third kappa shape index (κ3) is 3.48. The molecule has 2 aromatic carbocycles. The van der Waals surface area contributed by atoms with Gasteiger partial charge in [0.25, 0.3) is 0 Å². The minimum Gasteiger partial charge on any atom is -0.293 e. The normalized spacial score (nSPS) is 12.2. The van der Waals surface area contributed by atoms with E-state index in [9.17, 15) is 9.18 Å². The topological polar surface area (TPSA) is 17.1 Å². The molecule has 20 heavy (non-hydrogen) atoms. The molecule has 1 atom stereocenters. The lowest BCUT2D eigenvalue weighted by Gasteiger charge is -2.11. The van der Waals surface area contributed by atoms with E-state index in [1.165, 1.54) is 29.5 Å². The summed E-state index contributed by atoms with van der Waals surface area (Å²) in [7, 11) is 0. The van der Waals surface area contributed by atoms with Crippen LogP contribution < -0.4 is 0 Å². The first kappa shape index (κ1) is 14.8. The van der Waals surface area contributed by atoms with Gasteiger partial charge in [0.15, 0.2) is 5.78 Å². The van der Waals surface area contributed by atoms with Crippen LogP contribution in [0.2, 0.25) is 0 Å². The van der Waals surface area contributed by atoms with Crippen LogP contribution in [0.1, 0.15) is 28.4 Å². The van der Waals surface area contributed by atoms with Crippen LogP contribution in [0.25, 0.3) is 0 Å². The third-order valence-electron chi connectivity index (χ3n) is 3.29. The minimum atomic E-state index is -0.262. The van der Waals surface area contributed by atoms with Crippen molar-refractivity contribution >= 4 is 17.5 Å². The van der Waals surface area contributed by atoms with Crippen molar-refractivity contribution in [3.8, 4) is 0 Å². The Labute approximate surface area is 123 Å². The van der Waals surface area contributed by atoms with Crippen LogP contribution in [0.5, 0.6) is 0 Å². The van der Waals surface area contributed by atoms with Crippen LogP contribution in [0.3, 0.4) is 0 Å². The molecule has 2 aromatic rings. The summed E-state index contributed by atoms with van der Waals surface area (Å²) in [5.41, 5.74) is 3.03. The Bertz CT molecular complexity index is 619. The van der Waals surface area contributed by atoms with Crippen LogP contribution in [0.4, 0.5) is 4.39 Å². The second-order valence-electron chi connectivity index (χ2n) is 4.88. The summed E-state index contributed by atoms with van der Waals surface area (Å²) in [6.07, 6.45) is 0. The monoisotopic (exact) mass is 288 g/mol. The minimum absolute atomic E-state index is 0.0995. The van der Waals surface area contributed by atoms with Crippen molar-refractivity contribution < 1.29 is 9.18 Å². The molecule has 0 aromatic heterocycles.